The average Bonchev–Trinajstić information content (AvgIpc) is 4.18. The molecule has 5 rings (SSSR count). The number of fused-ring (bicyclic) bond motifs is 2. The maximum atomic E-state index is 13.1. The lowest BCUT2D eigenvalue weighted by molar-refractivity contribution is -0.122. The highest BCUT2D eigenvalue weighted by atomic mass is 32.2. The minimum absolute atomic E-state index is 0.0484. The Morgan fingerprint density at radius 3 is 1.24 bits per heavy atom. The monoisotopic (exact) mass is 1090 g/mol. The zero-order valence-corrected chi connectivity index (χ0v) is 45.4. The second-order valence-electron chi connectivity index (χ2n) is 18.7. The summed E-state index contributed by atoms with van der Waals surface area (Å²) in [4.78, 5) is 85.8. The van der Waals surface area contributed by atoms with Gasteiger partial charge in [0, 0.05) is 111 Å². The largest absolute Gasteiger partial charge is 0.379 e. The number of thioether (sulfide) groups is 2. The Labute approximate surface area is 450 Å². The average molecular weight is 1090 g/mol. The fourth-order valence-electron chi connectivity index (χ4n) is 8.78. The first-order valence-corrected chi connectivity index (χ1v) is 29.1. The minimum atomic E-state index is -0.385. The van der Waals surface area contributed by atoms with Gasteiger partial charge in [-0.25, -0.2) is 9.59 Å². The third-order valence-electron chi connectivity index (χ3n) is 12.8. The number of hydrogen-bond acceptors (Lipinski definition) is 15. The van der Waals surface area contributed by atoms with Crippen LogP contribution in [0.3, 0.4) is 0 Å². The Balaban J connectivity index is 0.779. The van der Waals surface area contributed by atoms with E-state index in [4.69, 9.17) is 28.4 Å². The van der Waals surface area contributed by atoms with Crippen LogP contribution in [0.2, 0.25) is 0 Å². The van der Waals surface area contributed by atoms with E-state index < -0.39 is 0 Å². The maximum Gasteiger partial charge on any atom is 0.315 e. The number of carbonyl (C=O) groups excluding carboxylic acids is 7. The van der Waals surface area contributed by atoms with E-state index >= 15 is 0 Å². The molecule has 0 aromatic heterocycles. The van der Waals surface area contributed by atoms with E-state index in [0.717, 1.165) is 50.0 Å². The Morgan fingerprint density at radius 1 is 0.480 bits per heavy atom. The number of ether oxygens (including phenoxy) is 6. The normalized spacial score (nSPS) is 20.3. The van der Waals surface area contributed by atoms with Gasteiger partial charge >= 0.3 is 12.1 Å². The number of hydrogen-bond donors (Lipinski definition) is 9. The highest BCUT2D eigenvalue weighted by molar-refractivity contribution is 8.00. The third-order valence-corrected chi connectivity index (χ3v) is 15.8. The number of amides is 9. The van der Waals surface area contributed by atoms with Crippen LogP contribution < -0.4 is 47.9 Å². The van der Waals surface area contributed by atoms with Gasteiger partial charge in [-0.3, -0.25) is 24.0 Å². The molecule has 0 bridgehead atoms. The van der Waals surface area contributed by atoms with E-state index in [2.05, 4.69) is 47.9 Å². The molecule has 4 heterocycles. The lowest BCUT2D eigenvalue weighted by Gasteiger charge is -2.16. The van der Waals surface area contributed by atoms with Gasteiger partial charge in [-0.2, -0.15) is 23.5 Å². The molecule has 4 aliphatic heterocycles. The molecular formula is C51H83N9O13S2. The van der Waals surface area contributed by atoms with Crippen LogP contribution in [0.25, 0.3) is 0 Å². The molecule has 1 aromatic rings. The second-order valence-corrected chi connectivity index (χ2v) is 21.3. The van der Waals surface area contributed by atoms with Crippen LogP contribution >= 0.6 is 23.5 Å². The Bertz CT molecular complexity index is 1810. The first kappa shape index (κ1) is 61.4. The van der Waals surface area contributed by atoms with Gasteiger partial charge in [0.25, 0.3) is 11.8 Å². The van der Waals surface area contributed by atoms with Crippen LogP contribution in [0.5, 0.6) is 0 Å². The molecule has 4 aliphatic rings. The molecular weight excluding hydrogens is 1010 g/mol. The van der Waals surface area contributed by atoms with Crippen LogP contribution in [-0.2, 0) is 42.8 Å². The molecule has 0 saturated carbocycles. The van der Waals surface area contributed by atoms with Gasteiger partial charge in [-0.1, -0.05) is 19.8 Å². The van der Waals surface area contributed by atoms with Crippen molar-refractivity contribution in [3.63, 3.8) is 0 Å². The van der Waals surface area contributed by atoms with E-state index in [1.165, 1.54) is 6.07 Å². The van der Waals surface area contributed by atoms with E-state index in [1.54, 1.807) is 19.1 Å². The SMILES string of the molecule is CCC(=O)Nc1cc(C(=O)NCCCOCCOCCOCCCNC(=O)CCCCC2SCC3NC(=O)NC32)cc(C(=O)NCCCOCCOCCOCCCNC(=O)CCCCC2SCC3NC(=O)NC32)c1. The highest BCUT2D eigenvalue weighted by Gasteiger charge is 2.43. The molecule has 9 N–H and O–H groups in total. The van der Waals surface area contributed by atoms with Crippen LogP contribution in [0.4, 0.5) is 15.3 Å². The molecule has 0 spiro atoms. The number of nitrogens with one attached hydrogen (secondary N) is 9. The van der Waals surface area contributed by atoms with Gasteiger partial charge in [-0.05, 0) is 69.6 Å². The molecule has 422 valence electrons. The molecule has 4 fully saturated rings. The smallest absolute Gasteiger partial charge is 0.315 e. The first-order valence-electron chi connectivity index (χ1n) is 27.0. The van der Waals surface area contributed by atoms with Gasteiger partial charge in [0.15, 0.2) is 0 Å². The van der Waals surface area contributed by atoms with E-state index in [9.17, 15) is 33.6 Å². The zero-order chi connectivity index (χ0) is 53.3. The lowest BCUT2D eigenvalue weighted by Crippen LogP contribution is -2.36. The summed E-state index contributed by atoms with van der Waals surface area (Å²) >= 11 is 3.78. The standard InChI is InChI=1S/C51H83N9O13S2/c1-2-43(61)56-38-32-36(48(64)54-17-9-21-70-25-29-72-27-23-68-19-7-15-52-44(62)13-5-3-11-41-46-39(34-74-41)57-50(66)59-46)31-37(33-38)49(65)55-18-10-22-71-26-30-73-28-24-69-20-8-16-53-45(63)14-6-4-12-42-47-40(35-75-42)58-51(67)60-47/h31-33,39-42,46-47H,2-30,34-35H2,1H3,(H,52,62)(H,53,63)(H,54,64)(H,55,65)(H,56,61)(H2,57,59,66)(H2,58,60,67). The summed E-state index contributed by atoms with van der Waals surface area (Å²) in [5.41, 5.74) is 0.826. The third kappa shape index (κ3) is 24.6. The lowest BCUT2D eigenvalue weighted by atomic mass is 10.0. The zero-order valence-electron chi connectivity index (χ0n) is 43.7. The van der Waals surface area contributed by atoms with Gasteiger partial charge in [0.2, 0.25) is 17.7 Å². The van der Waals surface area contributed by atoms with E-state index in [0.29, 0.717) is 160 Å². The number of unbranched alkanes of at least 4 members (excludes halogenated alkanes) is 2. The number of rotatable bonds is 42. The van der Waals surface area contributed by atoms with Gasteiger partial charge in [0.1, 0.15) is 0 Å². The number of anilines is 1. The Morgan fingerprint density at radius 2 is 0.853 bits per heavy atom. The summed E-state index contributed by atoms with van der Waals surface area (Å²) in [6, 6.07) is 5.28. The summed E-state index contributed by atoms with van der Waals surface area (Å²) in [5.74, 6) is 0.967. The van der Waals surface area contributed by atoms with Crippen LogP contribution in [-0.4, -0.2) is 193 Å². The number of urea groups is 2. The van der Waals surface area contributed by atoms with E-state index in [-0.39, 0.29) is 83.3 Å². The molecule has 1 aromatic carbocycles. The van der Waals surface area contributed by atoms with Crippen molar-refractivity contribution in [3.05, 3.63) is 29.3 Å². The Hall–Kier alpha value is -4.43. The molecule has 6 unspecified atom stereocenters. The molecule has 75 heavy (non-hydrogen) atoms. The number of benzene rings is 1. The minimum Gasteiger partial charge on any atom is -0.379 e. The topological polar surface area (TPSA) is 283 Å². The van der Waals surface area contributed by atoms with Gasteiger partial charge < -0.3 is 76.3 Å². The fraction of sp³-hybridized carbons (Fsp3) is 0.745. The van der Waals surface area contributed by atoms with Crippen molar-refractivity contribution in [2.24, 2.45) is 0 Å². The summed E-state index contributed by atoms with van der Waals surface area (Å²) in [5, 5.41) is 27.1. The maximum absolute atomic E-state index is 13.1. The molecule has 0 aliphatic carbocycles. The predicted octanol–water partition coefficient (Wildman–Crippen LogP) is 2.84. The van der Waals surface area contributed by atoms with Crippen molar-refractivity contribution in [1.29, 1.82) is 0 Å². The molecule has 4 saturated heterocycles. The predicted molar refractivity (Wildman–Crippen MR) is 287 cm³/mol. The Kier molecular flexibility index (Phi) is 30.0. The molecule has 24 heteroatoms. The first-order chi connectivity index (χ1) is 36.6. The van der Waals surface area contributed by atoms with Gasteiger partial charge in [-0.15, -0.1) is 0 Å². The van der Waals surface area contributed by atoms with Crippen molar-refractivity contribution in [2.75, 3.05) is 122 Å². The summed E-state index contributed by atoms with van der Waals surface area (Å²) in [6.07, 6.45) is 9.34. The van der Waals surface area contributed by atoms with Gasteiger partial charge in [0.05, 0.1) is 77.0 Å². The highest BCUT2D eigenvalue weighted by Crippen LogP contribution is 2.34. The fourth-order valence-corrected chi connectivity index (χ4v) is 11.9. The van der Waals surface area contributed by atoms with E-state index in [1.807, 2.05) is 23.5 Å². The molecule has 6 atom stereocenters. The quantitative estimate of drug-likeness (QED) is 0.0336. The number of carbonyl (C=O) groups is 7. The summed E-state index contributed by atoms with van der Waals surface area (Å²) in [6.45, 7) is 8.69. The van der Waals surface area contributed by atoms with Crippen molar-refractivity contribution < 1.29 is 62.0 Å². The molecule has 22 nitrogen and oxygen atoms in total. The second kappa shape index (κ2) is 36.6. The van der Waals surface area contributed by atoms with Crippen LogP contribution in [0.1, 0.15) is 111 Å². The molecule has 9 amide bonds. The van der Waals surface area contributed by atoms with Crippen LogP contribution in [0.15, 0.2) is 18.2 Å². The molecule has 0 radical (unpaired) electrons. The summed E-state index contributed by atoms with van der Waals surface area (Å²) < 4.78 is 33.6. The van der Waals surface area contributed by atoms with Crippen molar-refractivity contribution in [2.45, 2.75) is 125 Å². The van der Waals surface area contributed by atoms with Crippen molar-refractivity contribution in [3.8, 4) is 0 Å². The van der Waals surface area contributed by atoms with Crippen molar-refractivity contribution >= 4 is 70.8 Å². The van der Waals surface area contributed by atoms with Crippen molar-refractivity contribution in [1.82, 2.24) is 42.5 Å². The summed E-state index contributed by atoms with van der Waals surface area (Å²) in [7, 11) is 0. The van der Waals surface area contributed by atoms with Crippen LogP contribution in [0, 0.1) is 0 Å².